The second-order valence-corrected chi connectivity index (χ2v) is 9.80. The van der Waals surface area contributed by atoms with Crippen molar-refractivity contribution in [1.82, 2.24) is 14.0 Å². The SMILES string of the molecule is CCOC(=O)C(c1ccccc1)N1CCN(c2ccc(-n3ccn(C(C)c4cc(F)ccc4F)c3=O)cc2)CC1. The first-order valence-corrected chi connectivity index (χ1v) is 13.4. The first kappa shape index (κ1) is 27.3. The first-order chi connectivity index (χ1) is 19.4. The third-order valence-electron chi connectivity index (χ3n) is 7.43. The molecule has 0 N–H and O–H groups in total. The van der Waals surface area contributed by atoms with Crippen LogP contribution in [0.25, 0.3) is 5.69 Å². The fraction of sp³-hybridized carbons (Fsp3) is 0.290. The Labute approximate surface area is 231 Å². The molecule has 1 saturated heterocycles. The summed E-state index contributed by atoms with van der Waals surface area (Å²) < 4.78 is 36.3. The quantitative estimate of drug-likeness (QED) is 0.293. The van der Waals surface area contributed by atoms with Crippen LogP contribution in [0.3, 0.4) is 0 Å². The number of halogens is 2. The zero-order valence-corrected chi connectivity index (χ0v) is 22.5. The summed E-state index contributed by atoms with van der Waals surface area (Å²) in [5.41, 5.74) is 2.38. The summed E-state index contributed by atoms with van der Waals surface area (Å²) >= 11 is 0. The Balaban J connectivity index is 1.28. The van der Waals surface area contributed by atoms with Gasteiger partial charge in [0.1, 0.15) is 17.7 Å². The summed E-state index contributed by atoms with van der Waals surface area (Å²) in [7, 11) is 0. The maximum atomic E-state index is 14.3. The Bertz CT molecular complexity index is 1510. The third-order valence-corrected chi connectivity index (χ3v) is 7.43. The number of ether oxygens (including phenoxy) is 1. The number of carbonyl (C=O) groups excluding carboxylic acids is 1. The first-order valence-electron chi connectivity index (χ1n) is 13.4. The van der Waals surface area contributed by atoms with Crippen molar-refractivity contribution in [3.63, 3.8) is 0 Å². The van der Waals surface area contributed by atoms with E-state index in [4.69, 9.17) is 4.74 Å². The molecular formula is C31H32F2N4O3. The zero-order valence-electron chi connectivity index (χ0n) is 22.5. The smallest absolute Gasteiger partial charge is 0.333 e. The predicted octanol–water partition coefficient (Wildman–Crippen LogP) is 4.95. The van der Waals surface area contributed by atoms with E-state index in [2.05, 4.69) is 9.80 Å². The maximum absolute atomic E-state index is 14.3. The molecular weight excluding hydrogens is 514 g/mol. The van der Waals surface area contributed by atoms with Gasteiger partial charge in [-0.1, -0.05) is 30.3 Å². The van der Waals surface area contributed by atoms with Crippen LogP contribution in [0, 0.1) is 11.6 Å². The Morgan fingerprint density at radius 3 is 2.25 bits per heavy atom. The van der Waals surface area contributed by atoms with E-state index >= 15 is 0 Å². The Hall–Kier alpha value is -4.24. The van der Waals surface area contributed by atoms with Gasteiger partial charge in [-0.3, -0.25) is 14.0 Å². The molecule has 4 aromatic rings. The highest BCUT2D eigenvalue weighted by atomic mass is 19.1. The average Bonchev–Trinajstić information content (AvgIpc) is 3.36. The third kappa shape index (κ3) is 5.56. The molecule has 2 heterocycles. The molecule has 1 aliphatic heterocycles. The summed E-state index contributed by atoms with van der Waals surface area (Å²) in [6, 6.07) is 19.5. The van der Waals surface area contributed by atoms with Crippen molar-refractivity contribution in [2.24, 2.45) is 0 Å². The lowest BCUT2D eigenvalue weighted by atomic mass is 10.0. The number of piperazine rings is 1. The van der Waals surface area contributed by atoms with Crippen LogP contribution >= 0.6 is 0 Å². The molecule has 0 radical (unpaired) electrons. The van der Waals surface area contributed by atoms with Crippen LogP contribution < -0.4 is 10.6 Å². The van der Waals surface area contributed by atoms with E-state index in [1.54, 1.807) is 19.3 Å². The standard InChI is InChI=1S/C31H32F2N4O3/c1-3-40-30(38)29(23-7-5-4-6-8-23)35-17-15-34(16-18-35)25-10-12-26(13-11-25)37-20-19-36(31(37)39)22(2)27-21-24(32)9-14-28(27)33/h4-14,19-22,29H,3,15-18H2,1-2H3. The van der Waals surface area contributed by atoms with E-state index in [-0.39, 0.29) is 17.2 Å². The maximum Gasteiger partial charge on any atom is 0.333 e. The van der Waals surface area contributed by atoms with Crippen LogP contribution in [0.15, 0.2) is 90.0 Å². The van der Waals surface area contributed by atoms with Crippen molar-refractivity contribution in [3.8, 4) is 5.69 Å². The number of benzene rings is 3. The topological polar surface area (TPSA) is 59.7 Å². The van der Waals surface area contributed by atoms with Gasteiger partial charge >= 0.3 is 11.7 Å². The monoisotopic (exact) mass is 546 g/mol. The van der Waals surface area contributed by atoms with Crippen molar-refractivity contribution < 1.29 is 18.3 Å². The highest BCUT2D eigenvalue weighted by molar-refractivity contribution is 5.77. The van der Waals surface area contributed by atoms with Gasteiger partial charge in [0, 0.05) is 49.8 Å². The lowest BCUT2D eigenvalue weighted by molar-refractivity contribution is -0.150. The van der Waals surface area contributed by atoms with Crippen molar-refractivity contribution in [3.05, 3.63) is 118 Å². The number of anilines is 1. The number of nitrogens with zero attached hydrogens (tertiary/aromatic N) is 4. The predicted molar refractivity (Wildman–Crippen MR) is 150 cm³/mol. The summed E-state index contributed by atoms with van der Waals surface area (Å²) in [6.45, 7) is 6.66. The van der Waals surface area contributed by atoms with Crippen molar-refractivity contribution in [1.29, 1.82) is 0 Å². The Morgan fingerprint density at radius 1 is 0.900 bits per heavy atom. The molecule has 0 saturated carbocycles. The van der Waals surface area contributed by atoms with Gasteiger partial charge in [-0.25, -0.2) is 18.4 Å². The average molecular weight is 547 g/mol. The van der Waals surface area contributed by atoms with E-state index in [9.17, 15) is 18.4 Å². The number of carbonyl (C=O) groups is 1. The van der Waals surface area contributed by atoms with E-state index < -0.39 is 23.7 Å². The fourth-order valence-corrected chi connectivity index (χ4v) is 5.28. The fourth-order valence-electron chi connectivity index (χ4n) is 5.28. The van der Waals surface area contributed by atoms with Crippen molar-refractivity contribution in [2.75, 3.05) is 37.7 Å². The van der Waals surface area contributed by atoms with Gasteiger partial charge in [0.15, 0.2) is 0 Å². The summed E-state index contributed by atoms with van der Waals surface area (Å²) in [5.74, 6) is -1.35. The molecule has 5 rings (SSSR count). The summed E-state index contributed by atoms with van der Waals surface area (Å²) in [4.78, 5) is 30.4. The van der Waals surface area contributed by atoms with Crippen LogP contribution in [0.4, 0.5) is 14.5 Å². The normalized spacial score (nSPS) is 15.6. The molecule has 0 bridgehead atoms. The second-order valence-electron chi connectivity index (χ2n) is 9.80. The molecule has 2 atom stereocenters. The number of rotatable bonds is 8. The van der Waals surface area contributed by atoms with Gasteiger partial charge in [0.05, 0.1) is 18.3 Å². The van der Waals surface area contributed by atoms with Gasteiger partial charge in [0.2, 0.25) is 0 Å². The Kier molecular flexibility index (Phi) is 8.11. The van der Waals surface area contributed by atoms with Crippen LogP contribution in [-0.2, 0) is 9.53 Å². The van der Waals surface area contributed by atoms with Gasteiger partial charge in [-0.2, -0.15) is 0 Å². The van der Waals surface area contributed by atoms with E-state index in [1.807, 2.05) is 61.5 Å². The minimum Gasteiger partial charge on any atom is -0.465 e. The van der Waals surface area contributed by atoms with Crippen LogP contribution in [-0.4, -0.2) is 52.8 Å². The highest BCUT2D eigenvalue weighted by Gasteiger charge is 2.31. The molecule has 1 fully saturated rings. The molecule has 0 spiro atoms. The van der Waals surface area contributed by atoms with Crippen molar-refractivity contribution in [2.45, 2.75) is 25.9 Å². The van der Waals surface area contributed by atoms with Gasteiger partial charge in [0.25, 0.3) is 0 Å². The molecule has 7 nitrogen and oxygen atoms in total. The Morgan fingerprint density at radius 2 is 1.57 bits per heavy atom. The molecule has 1 aromatic heterocycles. The molecule has 2 unspecified atom stereocenters. The van der Waals surface area contributed by atoms with Gasteiger partial charge in [-0.15, -0.1) is 0 Å². The molecule has 208 valence electrons. The summed E-state index contributed by atoms with van der Waals surface area (Å²) in [5, 5.41) is 0. The van der Waals surface area contributed by atoms with Gasteiger partial charge < -0.3 is 9.64 Å². The largest absolute Gasteiger partial charge is 0.465 e. The van der Waals surface area contributed by atoms with Crippen molar-refractivity contribution >= 4 is 11.7 Å². The number of esters is 1. The summed E-state index contributed by atoms with van der Waals surface area (Å²) in [6.07, 6.45) is 3.21. The second kappa shape index (κ2) is 11.9. The van der Waals surface area contributed by atoms with Crippen LogP contribution in [0.1, 0.15) is 37.1 Å². The number of hydrogen-bond donors (Lipinski definition) is 0. The number of aromatic nitrogens is 2. The van der Waals surface area contributed by atoms with E-state index in [1.165, 1.54) is 9.13 Å². The molecule has 40 heavy (non-hydrogen) atoms. The molecule has 0 amide bonds. The minimum absolute atomic E-state index is 0.117. The van der Waals surface area contributed by atoms with Crippen LogP contribution in [0.2, 0.25) is 0 Å². The molecule has 9 heteroatoms. The minimum atomic E-state index is -0.672. The number of imidazole rings is 1. The van der Waals surface area contributed by atoms with E-state index in [0.717, 1.165) is 42.5 Å². The highest BCUT2D eigenvalue weighted by Crippen LogP contribution is 2.26. The lowest BCUT2D eigenvalue weighted by Crippen LogP contribution is -2.49. The van der Waals surface area contributed by atoms with Gasteiger partial charge in [-0.05, 0) is 61.9 Å². The molecule has 1 aliphatic rings. The lowest BCUT2D eigenvalue weighted by Gasteiger charge is -2.39. The number of hydrogen-bond acceptors (Lipinski definition) is 5. The molecule has 3 aromatic carbocycles. The van der Waals surface area contributed by atoms with E-state index in [0.29, 0.717) is 25.4 Å². The molecule has 0 aliphatic carbocycles. The van der Waals surface area contributed by atoms with Crippen LogP contribution in [0.5, 0.6) is 0 Å². The zero-order chi connectivity index (χ0) is 28.2.